The lowest BCUT2D eigenvalue weighted by atomic mass is 9.67. The Labute approximate surface area is 115 Å². The van der Waals surface area contributed by atoms with Crippen LogP contribution in [0.4, 0.5) is 0 Å². The van der Waals surface area contributed by atoms with E-state index in [-0.39, 0.29) is 0 Å². The second-order valence-electron chi connectivity index (χ2n) is 6.03. The molecule has 3 atom stereocenters. The van der Waals surface area contributed by atoms with Gasteiger partial charge in [0.05, 0.1) is 19.3 Å². The molecule has 3 N–H and O–H groups in total. The van der Waals surface area contributed by atoms with E-state index in [0.29, 0.717) is 12.0 Å². The van der Waals surface area contributed by atoms with Crippen LogP contribution in [-0.4, -0.2) is 24.4 Å². The van der Waals surface area contributed by atoms with Crippen molar-refractivity contribution in [3.05, 3.63) is 29.8 Å². The van der Waals surface area contributed by atoms with E-state index in [9.17, 15) is 5.11 Å². The molecule has 19 heavy (non-hydrogen) atoms. The summed E-state index contributed by atoms with van der Waals surface area (Å²) in [5.41, 5.74) is 0.906. The first-order valence-corrected chi connectivity index (χ1v) is 7.42. The molecule has 3 nitrogen and oxygen atoms in total. The number of fused-ring (bicyclic) bond motifs is 1. The summed E-state index contributed by atoms with van der Waals surface area (Å²) in [6, 6.07) is 8.77. The molecule has 3 rings (SSSR count). The molecule has 0 unspecified atom stereocenters. The summed E-state index contributed by atoms with van der Waals surface area (Å²) in [6.45, 7) is 1.03. The second kappa shape index (κ2) is 5.14. The zero-order chi connectivity index (χ0) is 13.3. The van der Waals surface area contributed by atoms with Crippen LogP contribution in [0.5, 0.6) is 5.75 Å². The normalized spacial score (nSPS) is 34.6. The van der Waals surface area contributed by atoms with Crippen LogP contribution in [0, 0.1) is 5.92 Å². The van der Waals surface area contributed by atoms with Crippen molar-refractivity contribution in [3.63, 3.8) is 0 Å². The average Bonchev–Trinajstić information content (AvgIpc) is 2.46. The second-order valence-corrected chi connectivity index (χ2v) is 6.03. The summed E-state index contributed by atoms with van der Waals surface area (Å²) < 4.78 is 5.22. The van der Waals surface area contributed by atoms with Gasteiger partial charge in [-0.25, -0.2) is 0 Å². The molecule has 0 bridgehead atoms. The van der Waals surface area contributed by atoms with Crippen molar-refractivity contribution in [2.45, 2.75) is 43.7 Å². The fraction of sp³-hybridized carbons (Fsp3) is 0.625. The number of aliphatic hydroxyl groups is 1. The number of methoxy groups -OCH3 is 1. The summed E-state index contributed by atoms with van der Waals surface area (Å²) in [4.78, 5) is 0. The third-order valence-corrected chi connectivity index (χ3v) is 5.00. The van der Waals surface area contributed by atoms with Crippen LogP contribution in [0.1, 0.15) is 43.7 Å². The highest BCUT2D eigenvalue weighted by molar-refractivity contribution is 5.29. The van der Waals surface area contributed by atoms with Crippen molar-refractivity contribution < 1.29 is 15.2 Å². The van der Waals surface area contributed by atoms with Gasteiger partial charge in [-0.15, -0.1) is 0 Å². The van der Waals surface area contributed by atoms with Gasteiger partial charge in [0.1, 0.15) is 11.8 Å². The molecule has 1 saturated carbocycles. The highest BCUT2D eigenvalue weighted by atomic mass is 16.5. The first-order valence-electron chi connectivity index (χ1n) is 7.42. The van der Waals surface area contributed by atoms with Crippen LogP contribution >= 0.6 is 0 Å². The number of nitrogens with two attached hydrogens (primary N) is 1. The smallest absolute Gasteiger partial charge is 0.118 e. The maximum Gasteiger partial charge on any atom is 0.118 e. The van der Waals surface area contributed by atoms with Gasteiger partial charge in [0.25, 0.3) is 0 Å². The van der Waals surface area contributed by atoms with Crippen LogP contribution in [0.15, 0.2) is 24.3 Å². The highest BCUT2D eigenvalue weighted by Gasteiger charge is 2.48. The molecule has 2 aliphatic rings. The largest absolute Gasteiger partial charge is 0.497 e. The van der Waals surface area contributed by atoms with Crippen molar-refractivity contribution in [2.24, 2.45) is 5.92 Å². The Bertz CT molecular complexity index is 427. The Balaban J connectivity index is 1.85. The van der Waals surface area contributed by atoms with Crippen LogP contribution in [-0.2, 0) is 0 Å². The van der Waals surface area contributed by atoms with Gasteiger partial charge < -0.3 is 15.2 Å². The van der Waals surface area contributed by atoms with Crippen molar-refractivity contribution in [1.82, 2.24) is 0 Å². The number of piperidine rings is 1. The summed E-state index contributed by atoms with van der Waals surface area (Å²) >= 11 is 0. The third kappa shape index (κ3) is 2.37. The highest BCUT2D eigenvalue weighted by Crippen LogP contribution is 2.43. The predicted octanol–water partition coefficient (Wildman–Crippen LogP) is 1.62. The van der Waals surface area contributed by atoms with Gasteiger partial charge in [0, 0.05) is 17.9 Å². The monoisotopic (exact) mass is 262 g/mol. The van der Waals surface area contributed by atoms with Gasteiger partial charge in [-0.05, 0) is 37.1 Å². The molecule has 2 fully saturated rings. The fourth-order valence-corrected chi connectivity index (χ4v) is 3.95. The summed E-state index contributed by atoms with van der Waals surface area (Å²) in [6.07, 6.45) is 5.53. The Hall–Kier alpha value is -1.06. The van der Waals surface area contributed by atoms with Crippen LogP contribution in [0.2, 0.25) is 0 Å². The molecule has 1 aromatic rings. The summed E-state index contributed by atoms with van der Waals surface area (Å²) in [7, 11) is 1.70. The molecular formula is C16H24NO2+. The summed E-state index contributed by atoms with van der Waals surface area (Å²) in [5.74, 6) is 1.31. The van der Waals surface area contributed by atoms with E-state index in [4.69, 9.17) is 4.74 Å². The molecule has 1 aliphatic carbocycles. The van der Waals surface area contributed by atoms with E-state index < -0.39 is 5.60 Å². The number of hydrogen-bond acceptors (Lipinski definition) is 2. The molecule has 0 aromatic heterocycles. The minimum Gasteiger partial charge on any atom is -0.497 e. The van der Waals surface area contributed by atoms with Gasteiger partial charge in [0.2, 0.25) is 0 Å². The quantitative estimate of drug-likeness (QED) is 0.851. The number of rotatable bonds is 2. The topological polar surface area (TPSA) is 46.1 Å². The zero-order valence-corrected chi connectivity index (χ0v) is 11.6. The van der Waals surface area contributed by atoms with Crippen molar-refractivity contribution in [2.75, 3.05) is 13.7 Å². The van der Waals surface area contributed by atoms with Gasteiger partial charge in [0.15, 0.2) is 0 Å². The van der Waals surface area contributed by atoms with E-state index in [2.05, 4.69) is 17.4 Å². The zero-order valence-electron chi connectivity index (χ0n) is 11.6. The molecular weight excluding hydrogens is 238 g/mol. The average molecular weight is 262 g/mol. The van der Waals surface area contributed by atoms with E-state index in [1.54, 1.807) is 7.11 Å². The molecule has 1 aliphatic heterocycles. The van der Waals surface area contributed by atoms with Crippen molar-refractivity contribution >= 4 is 0 Å². The Morgan fingerprint density at radius 3 is 2.74 bits per heavy atom. The van der Waals surface area contributed by atoms with E-state index in [1.807, 2.05) is 12.1 Å². The lowest BCUT2D eigenvalue weighted by Crippen LogP contribution is -2.91. The first kappa shape index (κ1) is 12.9. The van der Waals surface area contributed by atoms with E-state index in [0.717, 1.165) is 31.6 Å². The Kier molecular flexibility index (Phi) is 3.50. The maximum absolute atomic E-state index is 10.9. The Morgan fingerprint density at radius 2 is 2.00 bits per heavy atom. The van der Waals surface area contributed by atoms with Crippen LogP contribution < -0.4 is 10.1 Å². The number of ether oxygens (including phenoxy) is 1. The van der Waals surface area contributed by atoms with Crippen molar-refractivity contribution in [3.8, 4) is 5.75 Å². The SMILES string of the molecule is COc1ccc([C@@H]2[NH2+]CC[C@@]3(O)CCCC[C@H]23)cc1. The van der Waals surface area contributed by atoms with Crippen LogP contribution in [0.25, 0.3) is 0 Å². The van der Waals surface area contributed by atoms with Gasteiger partial charge in [-0.3, -0.25) is 0 Å². The van der Waals surface area contributed by atoms with E-state index in [1.165, 1.54) is 18.4 Å². The minimum absolute atomic E-state index is 0.406. The minimum atomic E-state index is -0.419. The lowest BCUT2D eigenvalue weighted by molar-refractivity contribution is -0.719. The maximum atomic E-state index is 10.9. The number of benzene rings is 1. The Morgan fingerprint density at radius 1 is 1.21 bits per heavy atom. The molecule has 1 aromatic carbocycles. The first-order chi connectivity index (χ1) is 9.23. The number of quaternary nitrogens is 1. The molecule has 104 valence electrons. The molecule has 0 spiro atoms. The van der Waals surface area contributed by atoms with Crippen LogP contribution in [0.3, 0.4) is 0 Å². The van der Waals surface area contributed by atoms with Crippen molar-refractivity contribution in [1.29, 1.82) is 0 Å². The summed E-state index contributed by atoms with van der Waals surface area (Å²) in [5, 5.41) is 13.3. The third-order valence-electron chi connectivity index (χ3n) is 5.00. The number of hydrogen-bond donors (Lipinski definition) is 2. The molecule has 1 heterocycles. The molecule has 0 amide bonds. The van der Waals surface area contributed by atoms with Gasteiger partial charge in [-0.2, -0.15) is 0 Å². The predicted molar refractivity (Wildman–Crippen MR) is 74.1 cm³/mol. The van der Waals surface area contributed by atoms with E-state index >= 15 is 0 Å². The standard InChI is InChI=1S/C16H23NO2/c1-19-13-7-5-12(6-8-13)15-14-4-2-3-9-16(14,18)10-11-17-15/h5-8,14-15,17-18H,2-4,9-11H2,1H3/p+1/t14-,15+,16+/m1/s1. The molecule has 0 radical (unpaired) electrons. The molecule has 3 heteroatoms. The van der Waals surface area contributed by atoms with Gasteiger partial charge >= 0.3 is 0 Å². The fourth-order valence-electron chi connectivity index (χ4n) is 3.95. The lowest BCUT2D eigenvalue weighted by Gasteiger charge is -2.46. The molecule has 1 saturated heterocycles. The van der Waals surface area contributed by atoms with Gasteiger partial charge in [-0.1, -0.05) is 12.8 Å².